The molecule has 9 heteroatoms. The summed E-state index contributed by atoms with van der Waals surface area (Å²) in [5.74, 6) is 0. The summed E-state index contributed by atoms with van der Waals surface area (Å²) in [6.07, 6.45) is 0. The molecule has 0 atom stereocenters. The molecule has 9 heavy (non-hydrogen) atoms. The topological polar surface area (TPSA) is 149 Å². The van der Waals surface area contributed by atoms with Crippen molar-refractivity contribution in [1.82, 2.24) is 0 Å². The van der Waals surface area contributed by atoms with Crippen molar-refractivity contribution in [2.45, 2.75) is 0 Å². The molecule has 0 aliphatic rings. The van der Waals surface area contributed by atoms with Crippen LogP contribution in [-0.2, 0) is 9.13 Å². The van der Waals surface area contributed by atoms with Gasteiger partial charge in [0.1, 0.15) is 0 Å². The first-order chi connectivity index (χ1) is 3.73. The van der Waals surface area contributed by atoms with Crippen molar-refractivity contribution < 1.29 is 33.6 Å². The Kier molecular flexibility index (Phi) is 6.54. The highest BCUT2D eigenvalue weighted by molar-refractivity contribution is 7.40. The van der Waals surface area contributed by atoms with Gasteiger partial charge in [-0.1, -0.05) is 4.57 Å². The number of rotatable bonds is 0. The van der Waals surface area contributed by atoms with Gasteiger partial charge in [-0.2, -0.15) is 7.82 Å². The van der Waals surface area contributed by atoms with Gasteiger partial charge in [0.05, 0.1) is 0 Å². The third-order valence-corrected chi connectivity index (χ3v) is 0. The van der Waals surface area contributed by atoms with Crippen LogP contribution in [0.15, 0.2) is 0 Å². The summed E-state index contributed by atoms with van der Waals surface area (Å²) in [7, 11) is -8.76. The molecule has 0 aliphatic heterocycles. The van der Waals surface area contributed by atoms with E-state index < -0.39 is 16.1 Å². The molecule has 7 nitrogen and oxygen atoms in total. The molecule has 0 fully saturated rings. The Morgan fingerprint density at radius 3 is 1.11 bits per heavy atom. The van der Waals surface area contributed by atoms with Crippen molar-refractivity contribution >= 4 is 16.1 Å². The minimum Gasteiger partial charge on any atom is -0.822 e. The smallest absolute Gasteiger partial charge is 0.276 e. The number of hydrogen-bond donors (Lipinski definition) is 0. The van der Waals surface area contributed by atoms with E-state index in [0.29, 0.717) is 0 Å². The molecule has 56 valence electrons. The standard InChI is InChI=1S/H3O4P.HO3P/c1-5(2,3)4;1-4(2)3/h(H3,1,2,3,4);(H,1,2,3)/p-4. The lowest BCUT2D eigenvalue weighted by molar-refractivity contribution is -0.432. The molecule has 0 aromatic carbocycles. The van der Waals surface area contributed by atoms with Crippen molar-refractivity contribution in [3.05, 3.63) is 0 Å². The Labute approximate surface area is 50.8 Å². The Morgan fingerprint density at radius 1 is 1.11 bits per heavy atom. The van der Waals surface area contributed by atoms with Gasteiger partial charge in [-0.25, -0.2) is 0 Å². The van der Waals surface area contributed by atoms with Gasteiger partial charge in [-0.3, -0.25) is 0 Å². The molecule has 0 N–H and O–H groups in total. The van der Waals surface area contributed by atoms with Gasteiger partial charge in [0.25, 0.3) is 8.25 Å². The monoisotopic (exact) mass is 174 g/mol. The van der Waals surface area contributed by atoms with Gasteiger partial charge in [-0.15, -0.1) is 0 Å². The Hall–Kier alpha value is 0.130. The van der Waals surface area contributed by atoms with Gasteiger partial charge in [0.2, 0.25) is 0 Å². The average Bonchev–Trinajstić information content (AvgIpc) is 1.19. The lowest BCUT2D eigenvalue weighted by Gasteiger charge is -2.36. The molecule has 0 aromatic heterocycles. The Morgan fingerprint density at radius 2 is 1.11 bits per heavy atom. The predicted molar refractivity (Wildman–Crippen MR) is 15.2 cm³/mol. The van der Waals surface area contributed by atoms with E-state index in [-0.39, 0.29) is 0 Å². The van der Waals surface area contributed by atoms with Gasteiger partial charge in [0, 0.05) is 0 Å². The molecule has 0 rings (SSSR count). The van der Waals surface area contributed by atoms with Gasteiger partial charge < -0.3 is 29.0 Å². The second kappa shape index (κ2) is 4.96. The maximum atomic E-state index is 8.55. The van der Waals surface area contributed by atoms with E-state index in [1.807, 2.05) is 0 Å². The van der Waals surface area contributed by atoms with E-state index in [1.165, 1.54) is 0 Å². The first-order valence-corrected chi connectivity index (χ1v) is 3.83. The van der Waals surface area contributed by atoms with Crippen LogP contribution < -0.4 is 24.5 Å². The summed E-state index contributed by atoms with van der Waals surface area (Å²) in [5.41, 5.74) is 0. The average molecular weight is 174 g/mol. The van der Waals surface area contributed by atoms with E-state index in [9.17, 15) is 0 Å². The third-order valence-electron chi connectivity index (χ3n) is 0. The summed E-state index contributed by atoms with van der Waals surface area (Å²) >= 11 is 0. The number of phosphoric acid groups is 1. The molecule has 0 radical (unpaired) electrons. The summed E-state index contributed by atoms with van der Waals surface area (Å²) in [6.45, 7) is 0. The number of hydrogen-bond acceptors (Lipinski definition) is 7. The van der Waals surface area contributed by atoms with Crippen LogP contribution >= 0.6 is 16.1 Å². The molecule has 0 bridgehead atoms. The lowest BCUT2D eigenvalue weighted by Crippen LogP contribution is -2.24. The first-order valence-electron chi connectivity index (χ1n) is 1.28. The molecule has 0 aliphatic carbocycles. The normalized spacial score (nSPS) is 9.44. The second-order valence-electron chi connectivity index (χ2n) is 0.671. The molecule has 0 heterocycles. The van der Waals surface area contributed by atoms with E-state index in [1.54, 1.807) is 0 Å². The SMILES string of the molecule is O=P([O-])([O-])[O-].O=[P+]([O-])[O-]. The molecular weight excluding hydrogens is 174 g/mol. The fourth-order valence-electron chi connectivity index (χ4n) is 0. The largest absolute Gasteiger partial charge is 0.822 e. The highest BCUT2D eigenvalue weighted by Crippen LogP contribution is 2.03. The fourth-order valence-corrected chi connectivity index (χ4v) is 0. The van der Waals surface area contributed by atoms with E-state index in [2.05, 4.69) is 0 Å². The van der Waals surface area contributed by atoms with Crippen LogP contribution in [0, 0.1) is 0 Å². The highest BCUT2D eigenvalue weighted by Gasteiger charge is 1.53. The third kappa shape index (κ3) is 18100. The summed E-state index contributed by atoms with van der Waals surface area (Å²) in [6, 6.07) is 0. The summed E-state index contributed by atoms with van der Waals surface area (Å²) in [4.78, 5) is 42.6. The van der Waals surface area contributed by atoms with Gasteiger partial charge in [-0.05, 0) is 0 Å². The quantitative estimate of drug-likeness (QED) is 0.336. The van der Waals surface area contributed by atoms with Crippen molar-refractivity contribution in [1.29, 1.82) is 0 Å². The fraction of sp³-hybridized carbons (Fsp3) is 0. The van der Waals surface area contributed by atoms with Crippen molar-refractivity contribution in [3.8, 4) is 0 Å². The molecule has 0 aromatic rings. The lowest BCUT2D eigenvalue weighted by atomic mass is 15.8. The van der Waals surface area contributed by atoms with E-state index in [0.717, 1.165) is 0 Å². The Bertz CT molecular complexity index is 107. The van der Waals surface area contributed by atoms with Crippen LogP contribution in [0.4, 0.5) is 0 Å². The molecular formula is O7P2-4. The van der Waals surface area contributed by atoms with Crippen LogP contribution in [-0.4, -0.2) is 0 Å². The minimum atomic E-state index is -5.39. The zero-order valence-corrected chi connectivity index (χ0v) is 5.54. The molecule has 0 saturated carbocycles. The molecule has 0 amide bonds. The van der Waals surface area contributed by atoms with Crippen molar-refractivity contribution in [2.75, 3.05) is 0 Å². The van der Waals surface area contributed by atoms with Gasteiger partial charge in [0.15, 0.2) is 0 Å². The van der Waals surface area contributed by atoms with Crippen LogP contribution in [0.5, 0.6) is 0 Å². The van der Waals surface area contributed by atoms with E-state index in [4.69, 9.17) is 33.6 Å². The summed E-state index contributed by atoms with van der Waals surface area (Å²) in [5, 5.41) is 0. The van der Waals surface area contributed by atoms with E-state index >= 15 is 0 Å². The van der Waals surface area contributed by atoms with Gasteiger partial charge >= 0.3 is 0 Å². The predicted octanol–water partition coefficient (Wildman–Crippen LogP) is -4.46. The first kappa shape index (κ1) is 11.9. The maximum Gasteiger partial charge on any atom is 0.276 e. The minimum absolute atomic E-state index is 3.37. The van der Waals surface area contributed by atoms with Crippen LogP contribution in [0.25, 0.3) is 0 Å². The zero-order chi connectivity index (χ0) is 8.08. The molecule has 0 saturated heterocycles. The molecule has 0 unspecified atom stereocenters. The highest BCUT2D eigenvalue weighted by atomic mass is 31.2. The van der Waals surface area contributed by atoms with Crippen LogP contribution in [0.1, 0.15) is 0 Å². The van der Waals surface area contributed by atoms with Crippen LogP contribution in [0.3, 0.4) is 0 Å². The Balaban J connectivity index is 0. The summed E-state index contributed by atoms with van der Waals surface area (Å²) < 4.78 is 17.0. The zero-order valence-electron chi connectivity index (χ0n) is 3.75. The second-order valence-corrected chi connectivity index (χ2v) is 2.01. The maximum absolute atomic E-state index is 8.55. The van der Waals surface area contributed by atoms with Crippen LogP contribution in [0.2, 0.25) is 0 Å². The molecule has 0 spiro atoms. The van der Waals surface area contributed by atoms with Crippen molar-refractivity contribution in [3.63, 3.8) is 0 Å². The van der Waals surface area contributed by atoms with Crippen molar-refractivity contribution in [2.24, 2.45) is 0 Å².